The molecule has 4 nitrogen and oxygen atoms in total. The van der Waals surface area contributed by atoms with Crippen molar-refractivity contribution in [1.82, 2.24) is 4.57 Å². The summed E-state index contributed by atoms with van der Waals surface area (Å²) in [6.45, 7) is 8.36. The van der Waals surface area contributed by atoms with Crippen LogP contribution in [0.2, 0.25) is 0 Å². The minimum atomic E-state index is -0.475. The number of fused-ring (bicyclic) bond motifs is 6. The van der Waals surface area contributed by atoms with Crippen LogP contribution in [0.3, 0.4) is 0 Å². The van der Waals surface area contributed by atoms with Gasteiger partial charge in [0.2, 0.25) is 0 Å². The Hall–Kier alpha value is -4.71. The molecule has 9 rings (SSSR count). The predicted octanol–water partition coefficient (Wildman–Crippen LogP) is -0.133. The van der Waals surface area contributed by atoms with Crippen molar-refractivity contribution in [1.29, 1.82) is 0 Å². The summed E-state index contributed by atoms with van der Waals surface area (Å²) in [5.74, 6) is 0. The number of nitrogens with zero attached hydrogens (tertiary/aromatic N) is 1. The van der Waals surface area contributed by atoms with Crippen LogP contribution in [-0.2, 0) is 9.31 Å². The molecule has 0 spiro atoms. The lowest BCUT2D eigenvalue weighted by atomic mass is 9.71. The SMILES string of the molecule is Bc1cc(B)c2c(c1B)c1c(B)c(B)cc(B)c1n2-c1cc(-c2cccc(-c3ccccc3)c2)c2oc3cc(B4OC(C)(C)C(C)(C)O4)ccc3c2c1. The molecule has 0 N–H and O–H groups in total. The lowest BCUT2D eigenvalue weighted by molar-refractivity contribution is 0.00578. The second-order valence-electron chi connectivity index (χ2n) is 16.3. The van der Waals surface area contributed by atoms with E-state index in [4.69, 9.17) is 13.7 Å². The maximum atomic E-state index is 6.93. The lowest BCUT2D eigenvalue weighted by Crippen LogP contribution is -2.41. The van der Waals surface area contributed by atoms with Gasteiger partial charge in [-0.15, -0.1) is 0 Å². The maximum Gasteiger partial charge on any atom is 0.494 e. The second kappa shape index (κ2) is 11.9. The summed E-state index contributed by atoms with van der Waals surface area (Å²) in [5, 5.41) is 4.84. The van der Waals surface area contributed by atoms with E-state index in [9.17, 15) is 0 Å². The van der Waals surface area contributed by atoms with E-state index in [1.54, 1.807) is 0 Å². The molecule has 0 unspecified atom stereocenters. The Bertz CT molecular complexity index is 2740. The Morgan fingerprint density at radius 2 is 1.13 bits per heavy atom. The summed E-state index contributed by atoms with van der Waals surface area (Å²) in [5.41, 5.74) is 17.8. The first kappa shape index (κ1) is 34.1. The summed E-state index contributed by atoms with van der Waals surface area (Å²) in [6.07, 6.45) is 0. The highest BCUT2D eigenvalue weighted by molar-refractivity contribution is 6.63. The summed E-state index contributed by atoms with van der Waals surface area (Å²) in [7, 11) is 13.1. The normalized spacial score (nSPS) is 15.4. The molecule has 1 aliphatic heterocycles. The van der Waals surface area contributed by atoms with Crippen molar-refractivity contribution >= 4 is 136 Å². The van der Waals surface area contributed by atoms with Crippen molar-refractivity contribution in [3.63, 3.8) is 0 Å². The number of furan rings is 1. The fourth-order valence-corrected chi connectivity index (χ4v) is 8.55. The quantitative estimate of drug-likeness (QED) is 0.243. The molecule has 6 aromatic carbocycles. The smallest absolute Gasteiger partial charge is 0.455 e. The minimum absolute atomic E-state index is 0.432. The largest absolute Gasteiger partial charge is 0.494 e. The number of hydrogen-bond acceptors (Lipinski definition) is 3. The monoisotopic (exact) mass is 683 g/mol. The molecule has 0 saturated carbocycles. The minimum Gasteiger partial charge on any atom is -0.455 e. The molecule has 0 bridgehead atoms. The molecule has 0 aliphatic carbocycles. The van der Waals surface area contributed by atoms with Crippen LogP contribution in [-0.4, -0.2) is 70.0 Å². The number of rotatable bonds is 4. The first-order chi connectivity index (χ1) is 25.2. The molecule has 2 aromatic heterocycles. The van der Waals surface area contributed by atoms with Gasteiger partial charge in [-0.05, 0) is 84.9 Å². The van der Waals surface area contributed by atoms with Crippen LogP contribution in [0, 0.1) is 0 Å². The molecule has 11 heteroatoms. The van der Waals surface area contributed by atoms with E-state index in [0.29, 0.717) is 0 Å². The van der Waals surface area contributed by atoms with Crippen molar-refractivity contribution < 1.29 is 13.7 Å². The fraction of sp³-hybridized carbons (Fsp3) is 0.143. The second-order valence-corrected chi connectivity index (χ2v) is 16.3. The molecular weight excluding hydrogens is 642 g/mol. The van der Waals surface area contributed by atoms with Crippen LogP contribution >= 0.6 is 0 Å². The van der Waals surface area contributed by atoms with Gasteiger partial charge in [-0.25, -0.2) is 0 Å². The molecule has 8 aromatic rings. The Morgan fingerprint density at radius 3 is 1.75 bits per heavy atom. The Kier molecular flexibility index (Phi) is 7.65. The van der Waals surface area contributed by atoms with Crippen LogP contribution < -0.4 is 38.2 Å². The number of hydrogen-bond donors (Lipinski definition) is 0. The first-order valence-electron chi connectivity index (χ1n) is 18.8. The highest BCUT2D eigenvalue weighted by atomic mass is 16.7. The highest BCUT2D eigenvalue weighted by Crippen LogP contribution is 2.41. The van der Waals surface area contributed by atoms with Crippen molar-refractivity contribution in [3.05, 3.63) is 97.1 Å². The van der Waals surface area contributed by atoms with Crippen molar-refractivity contribution in [2.75, 3.05) is 0 Å². The van der Waals surface area contributed by atoms with Crippen molar-refractivity contribution in [2.24, 2.45) is 0 Å². The first-order valence-corrected chi connectivity index (χ1v) is 18.8. The Balaban J connectivity index is 1.36. The average molecular weight is 682 g/mol. The predicted molar refractivity (Wildman–Crippen MR) is 244 cm³/mol. The van der Waals surface area contributed by atoms with E-state index in [1.807, 2.05) is 0 Å². The zero-order chi connectivity index (χ0) is 37.1. The van der Waals surface area contributed by atoms with Gasteiger partial charge >= 0.3 is 7.12 Å². The van der Waals surface area contributed by atoms with Gasteiger partial charge in [-0.2, -0.15) is 0 Å². The van der Waals surface area contributed by atoms with Crippen LogP contribution in [0.15, 0.2) is 101 Å². The molecule has 1 saturated heterocycles. The molecule has 0 radical (unpaired) electrons. The van der Waals surface area contributed by atoms with Gasteiger partial charge < -0.3 is 18.3 Å². The van der Waals surface area contributed by atoms with Gasteiger partial charge in [0, 0.05) is 33.1 Å². The number of aromatic nitrogens is 1. The number of benzene rings is 6. The molecule has 0 atom stereocenters. The van der Waals surface area contributed by atoms with E-state index in [1.165, 1.54) is 65.7 Å². The zero-order valence-electron chi connectivity index (χ0n) is 32.5. The van der Waals surface area contributed by atoms with Crippen molar-refractivity contribution in [3.8, 4) is 27.9 Å². The van der Waals surface area contributed by atoms with E-state index in [0.717, 1.165) is 44.2 Å². The summed E-state index contributed by atoms with van der Waals surface area (Å²) in [6, 6.07) is 35.2. The zero-order valence-corrected chi connectivity index (χ0v) is 32.5. The van der Waals surface area contributed by atoms with Gasteiger partial charge in [-0.1, -0.05) is 106 Å². The van der Waals surface area contributed by atoms with Crippen LogP contribution in [0.25, 0.3) is 71.7 Å². The highest BCUT2D eigenvalue weighted by Gasteiger charge is 2.51. The average Bonchev–Trinajstić information content (AvgIpc) is 3.76. The van der Waals surface area contributed by atoms with Gasteiger partial charge in [-0.3, -0.25) is 0 Å². The third kappa shape index (κ3) is 5.15. The van der Waals surface area contributed by atoms with Crippen molar-refractivity contribution in [2.45, 2.75) is 38.9 Å². The Morgan fingerprint density at radius 1 is 0.547 bits per heavy atom. The lowest BCUT2D eigenvalue weighted by Gasteiger charge is -2.32. The third-order valence-corrected chi connectivity index (χ3v) is 12.4. The van der Waals surface area contributed by atoms with Gasteiger partial charge in [0.05, 0.1) is 11.2 Å². The maximum absolute atomic E-state index is 6.93. The van der Waals surface area contributed by atoms with Crippen LogP contribution in [0.4, 0.5) is 0 Å². The Labute approximate surface area is 317 Å². The summed E-state index contributed by atoms with van der Waals surface area (Å²) in [4.78, 5) is 0. The molecule has 1 fully saturated rings. The third-order valence-electron chi connectivity index (χ3n) is 12.4. The van der Waals surface area contributed by atoms with Crippen LogP contribution in [0.1, 0.15) is 27.7 Å². The molecule has 53 heavy (non-hydrogen) atoms. The molecule has 0 amide bonds. The molecular formula is C42H40B7NO3. The van der Waals surface area contributed by atoms with E-state index in [-0.39, 0.29) is 0 Å². The van der Waals surface area contributed by atoms with E-state index in [2.05, 4.69) is 176 Å². The fourth-order valence-electron chi connectivity index (χ4n) is 8.55. The van der Waals surface area contributed by atoms with Crippen LogP contribution in [0.5, 0.6) is 0 Å². The van der Waals surface area contributed by atoms with E-state index >= 15 is 0 Å². The summed E-state index contributed by atoms with van der Waals surface area (Å²) < 4.78 is 22.4. The van der Waals surface area contributed by atoms with Gasteiger partial charge in [0.25, 0.3) is 0 Å². The summed E-state index contributed by atoms with van der Waals surface area (Å²) >= 11 is 0. The molecule has 3 heterocycles. The van der Waals surface area contributed by atoms with Gasteiger partial charge in [0.15, 0.2) is 0 Å². The molecule has 1 aliphatic rings. The topological polar surface area (TPSA) is 36.5 Å². The molecule has 252 valence electrons. The van der Waals surface area contributed by atoms with Gasteiger partial charge in [0.1, 0.15) is 58.2 Å². The standard InChI is InChI=1S/C42H40B7NO3/c1-41(2)42(3,4)53-49(52-41)24-13-14-26-28-18-25(50-38-31(45)19-29(43)36(47)34(38)35-37(48)30(44)20-32(46)39(35)50)17-27(40(28)51-33(26)16-24)23-12-8-11-22(15-23)21-9-6-5-7-10-21/h5-20H,43-48H2,1-4H3. The van der Waals surface area contributed by atoms with E-state index < -0.39 is 18.3 Å².